The zero-order valence-corrected chi connectivity index (χ0v) is 11.1. The van der Waals surface area contributed by atoms with Gasteiger partial charge in [-0.05, 0) is 31.2 Å². The van der Waals surface area contributed by atoms with Crippen molar-refractivity contribution in [3.63, 3.8) is 0 Å². The molecule has 1 aromatic rings. The third-order valence-corrected chi connectivity index (χ3v) is 3.38. The van der Waals surface area contributed by atoms with E-state index in [0.29, 0.717) is 0 Å². The van der Waals surface area contributed by atoms with E-state index in [-0.39, 0.29) is 0 Å². The average Bonchev–Trinajstić information content (AvgIpc) is 2.82. The molecule has 0 radical (unpaired) electrons. The minimum absolute atomic E-state index is 0.748. The Hall–Kier alpha value is -1.03. The van der Waals surface area contributed by atoms with Gasteiger partial charge < -0.3 is 14.6 Å². The Morgan fingerprint density at radius 3 is 3.00 bits per heavy atom. The van der Waals surface area contributed by atoms with Gasteiger partial charge in [-0.3, -0.25) is 0 Å². The Kier molecular flexibility index (Phi) is 4.05. The van der Waals surface area contributed by atoms with E-state index in [2.05, 4.69) is 36.1 Å². The molecule has 1 N–H and O–H groups in total. The summed E-state index contributed by atoms with van der Waals surface area (Å²) < 4.78 is 5.50. The van der Waals surface area contributed by atoms with E-state index in [1.54, 1.807) is 6.26 Å². The summed E-state index contributed by atoms with van der Waals surface area (Å²) in [5, 5.41) is 3.32. The smallest absolute Gasteiger partial charge is 0.297 e. The summed E-state index contributed by atoms with van der Waals surface area (Å²) in [4.78, 5) is 6.61. The van der Waals surface area contributed by atoms with Crippen LogP contribution < -0.4 is 10.2 Å². The fourth-order valence-electron chi connectivity index (χ4n) is 2.03. The van der Waals surface area contributed by atoms with Crippen molar-refractivity contribution in [1.82, 2.24) is 10.3 Å². The molecule has 2 rings (SSSR count). The molecule has 0 aromatic carbocycles. The molecule has 0 saturated heterocycles. The Bertz CT molecular complexity index is 350. The maximum absolute atomic E-state index is 5.50. The number of oxazole rings is 1. The molecule has 1 saturated carbocycles. The van der Waals surface area contributed by atoms with Crippen molar-refractivity contribution in [3.05, 3.63) is 12.0 Å². The normalized spacial score (nSPS) is 22.8. The van der Waals surface area contributed by atoms with Crippen LogP contribution in [0.15, 0.2) is 10.7 Å². The van der Waals surface area contributed by atoms with Crippen molar-refractivity contribution in [2.24, 2.45) is 11.8 Å². The summed E-state index contributed by atoms with van der Waals surface area (Å²) in [6.45, 7) is 7.34. The second kappa shape index (κ2) is 5.54. The number of aromatic nitrogens is 1. The third-order valence-electron chi connectivity index (χ3n) is 3.38. The molecular weight excluding hydrogens is 214 g/mol. The van der Waals surface area contributed by atoms with E-state index in [1.807, 2.05) is 0 Å². The first kappa shape index (κ1) is 12.4. The molecule has 1 fully saturated rings. The van der Waals surface area contributed by atoms with E-state index in [4.69, 9.17) is 4.42 Å². The maximum Gasteiger partial charge on any atom is 0.297 e. The summed E-state index contributed by atoms with van der Waals surface area (Å²) in [7, 11) is 2.06. The zero-order chi connectivity index (χ0) is 12.3. The molecule has 1 heterocycles. The average molecular weight is 237 g/mol. The van der Waals surface area contributed by atoms with Gasteiger partial charge in [0.25, 0.3) is 6.01 Å². The first-order chi connectivity index (χ1) is 8.20. The van der Waals surface area contributed by atoms with Gasteiger partial charge in [-0.25, -0.2) is 0 Å². The standard InChI is InChI=1S/C13H23N3O/c1-4-5-14-7-12-9-17-13(15-12)16(3)8-11-6-10(11)2/h9-11,14H,4-8H2,1-3H3. The van der Waals surface area contributed by atoms with E-state index in [0.717, 1.165) is 49.6 Å². The minimum Gasteiger partial charge on any atom is -0.432 e. The summed E-state index contributed by atoms with van der Waals surface area (Å²) in [6, 6.07) is 0.748. The van der Waals surface area contributed by atoms with Crippen molar-refractivity contribution < 1.29 is 4.42 Å². The van der Waals surface area contributed by atoms with Crippen LogP contribution in [0.2, 0.25) is 0 Å². The lowest BCUT2D eigenvalue weighted by atomic mass is 10.3. The molecule has 17 heavy (non-hydrogen) atoms. The second-order valence-electron chi connectivity index (χ2n) is 5.15. The molecule has 4 nitrogen and oxygen atoms in total. The Labute approximate surface area is 103 Å². The number of rotatable bonds is 7. The van der Waals surface area contributed by atoms with Crippen molar-refractivity contribution in [1.29, 1.82) is 0 Å². The van der Waals surface area contributed by atoms with Gasteiger partial charge in [0.15, 0.2) is 0 Å². The molecule has 0 amide bonds. The van der Waals surface area contributed by atoms with Crippen molar-refractivity contribution in [2.45, 2.75) is 33.2 Å². The van der Waals surface area contributed by atoms with Crippen LogP contribution in [-0.4, -0.2) is 25.1 Å². The molecule has 2 unspecified atom stereocenters. The number of nitrogens with zero attached hydrogens (tertiary/aromatic N) is 2. The van der Waals surface area contributed by atoms with E-state index < -0.39 is 0 Å². The van der Waals surface area contributed by atoms with Crippen molar-refractivity contribution in [3.8, 4) is 0 Å². The van der Waals surface area contributed by atoms with Crippen LogP contribution in [0.4, 0.5) is 6.01 Å². The van der Waals surface area contributed by atoms with Crippen LogP contribution in [0.3, 0.4) is 0 Å². The molecule has 0 aliphatic heterocycles. The second-order valence-corrected chi connectivity index (χ2v) is 5.15. The van der Waals surface area contributed by atoms with Crippen LogP contribution in [0.25, 0.3) is 0 Å². The highest BCUT2D eigenvalue weighted by Gasteiger charge is 2.33. The van der Waals surface area contributed by atoms with Gasteiger partial charge in [0.1, 0.15) is 6.26 Å². The van der Waals surface area contributed by atoms with Gasteiger partial charge >= 0.3 is 0 Å². The first-order valence-electron chi connectivity index (χ1n) is 6.57. The predicted molar refractivity (Wildman–Crippen MR) is 69.0 cm³/mol. The Morgan fingerprint density at radius 2 is 2.35 bits per heavy atom. The van der Waals surface area contributed by atoms with Crippen LogP contribution in [0.5, 0.6) is 0 Å². The highest BCUT2D eigenvalue weighted by Crippen LogP contribution is 2.38. The Morgan fingerprint density at radius 1 is 1.59 bits per heavy atom. The Balaban J connectivity index is 1.80. The van der Waals surface area contributed by atoms with Gasteiger partial charge in [-0.15, -0.1) is 0 Å². The summed E-state index contributed by atoms with van der Waals surface area (Å²) in [5.74, 6) is 1.70. The lowest BCUT2D eigenvalue weighted by Crippen LogP contribution is -2.21. The molecule has 96 valence electrons. The first-order valence-corrected chi connectivity index (χ1v) is 6.57. The summed E-state index contributed by atoms with van der Waals surface area (Å²) in [6.07, 6.45) is 4.24. The van der Waals surface area contributed by atoms with Crippen LogP contribution in [-0.2, 0) is 6.54 Å². The van der Waals surface area contributed by atoms with E-state index in [1.165, 1.54) is 6.42 Å². The van der Waals surface area contributed by atoms with Gasteiger partial charge in [0.2, 0.25) is 0 Å². The fraction of sp³-hybridized carbons (Fsp3) is 0.769. The SMILES string of the molecule is CCCNCc1coc(N(C)CC2CC2C)n1. The maximum atomic E-state index is 5.50. The lowest BCUT2D eigenvalue weighted by Gasteiger charge is -2.13. The molecule has 2 atom stereocenters. The third kappa shape index (κ3) is 3.46. The number of hydrogen-bond donors (Lipinski definition) is 1. The van der Waals surface area contributed by atoms with Gasteiger partial charge in [-0.1, -0.05) is 13.8 Å². The summed E-state index contributed by atoms with van der Waals surface area (Å²) >= 11 is 0. The number of nitrogens with one attached hydrogen (secondary N) is 1. The molecule has 0 bridgehead atoms. The highest BCUT2D eigenvalue weighted by atomic mass is 16.4. The van der Waals surface area contributed by atoms with Gasteiger partial charge in [0.05, 0.1) is 5.69 Å². The topological polar surface area (TPSA) is 41.3 Å². The van der Waals surface area contributed by atoms with Gasteiger partial charge in [0, 0.05) is 20.1 Å². The molecule has 4 heteroatoms. The van der Waals surface area contributed by atoms with E-state index >= 15 is 0 Å². The van der Waals surface area contributed by atoms with Crippen molar-refractivity contribution >= 4 is 6.01 Å². The highest BCUT2D eigenvalue weighted by molar-refractivity contribution is 5.26. The molecule has 0 spiro atoms. The minimum atomic E-state index is 0.748. The quantitative estimate of drug-likeness (QED) is 0.739. The molecular formula is C13H23N3O. The van der Waals surface area contributed by atoms with Gasteiger partial charge in [-0.2, -0.15) is 4.98 Å². The van der Waals surface area contributed by atoms with Crippen LogP contribution in [0, 0.1) is 11.8 Å². The molecule has 1 aromatic heterocycles. The largest absolute Gasteiger partial charge is 0.432 e. The summed E-state index contributed by atoms with van der Waals surface area (Å²) in [5.41, 5.74) is 0.990. The van der Waals surface area contributed by atoms with Crippen LogP contribution in [0.1, 0.15) is 32.4 Å². The molecule has 1 aliphatic rings. The predicted octanol–water partition coefficient (Wildman–Crippen LogP) is 2.27. The fourth-order valence-corrected chi connectivity index (χ4v) is 2.03. The molecule has 1 aliphatic carbocycles. The lowest BCUT2D eigenvalue weighted by molar-refractivity contribution is 0.535. The number of anilines is 1. The van der Waals surface area contributed by atoms with E-state index in [9.17, 15) is 0 Å². The monoisotopic (exact) mass is 237 g/mol. The zero-order valence-electron chi connectivity index (χ0n) is 11.1. The van der Waals surface area contributed by atoms with Crippen LogP contribution >= 0.6 is 0 Å². The number of hydrogen-bond acceptors (Lipinski definition) is 4. The van der Waals surface area contributed by atoms with Crippen molar-refractivity contribution in [2.75, 3.05) is 25.0 Å².